The van der Waals surface area contributed by atoms with Gasteiger partial charge in [0.2, 0.25) is 5.76 Å². The molecule has 74 valence electrons. The zero-order chi connectivity index (χ0) is 10.6. The summed E-state index contributed by atoms with van der Waals surface area (Å²) in [6.45, 7) is 3.88. The normalized spacial score (nSPS) is 9.50. The van der Waals surface area contributed by atoms with E-state index < -0.39 is 0 Å². The van der Waals surface area contributed by atoms with E-state index in [2.05, 4.69) is 16.2 Å². The standard InChI is InChI=1S/C10H12N2O2/c1-4-5-6-11-10(13)9-7(2)12-8(3)14-9/h1H,5-6H2,2-3H3,(H,11,13). The molecule has 1 amide bonds. The second kappa shape index (κ2) is 4.47. The summed E-state index contributed by atoms with van der Waals surface area (Å²) in [7, 11) is 0. The maximum absolute atomic E-state index is 11.4. The summed E-state index contributed by atoms with van der Waals surface area (Å²) in [6.07, 6.45) is 5.56. The summed E-state index contributed by atoms with van der Waals surface area (Å²) in [6, 6.07) is 0. The molecule has 0 fully saturated rings. The van der Waals surface area contributed by atoms with Gasteiger partial charge in [-0.05, 0) is 6.92 Å². The second-order valence-corrected chi connectivity index (χ2v) is 2.86. The third-order valence-electron chi connectivity index (χ3n) is 1.66. The fourth-order valence-corrected chi connectivity index (χ4v) is 1.07. The summed E-state index contributed by atoms with van der Waals surface area (Å²) in [5.41, 5.74) is 0.598. The van der Waals surface area contributed by atoms with Crippen molar-refractivity contribution in [1.82, 2.24) is 10.3 Å². The zero-order valence-corrected chi connectivity index (χ0v) is 8.26. The van der Waals surface area contributed by atoms with Gasteiger partial charge in [-0.3, -0.25) is 4.79 Å². The molecule has 0 aliphatic rings. The van der Waals surface area contributed by atoms with Gasteiger partial charge in [0.1, 0.15) is 0 Å². The highest BCUT2D eigenvalue weighted by molar-refractivity contribution is 5.92. The summed E-state index contributed by atoms with van der Waals surface area (Å²) in [5, 5.41) is 2.64. The highest BCUT2D eigenvalue weighted by Gasteiger charge is 2.14. The Kier molecular flexibility index (Phi) is 3.29. The maximum atomic E-state index is 11.4. The van der Waals surface area contributed by atoms with Crippen LogP contribution >= 0.6 is 0 Å². The van der Waals surface area contributed by atoms with E-state index in [0.29, 0.717) is 24.6 Å². The lowest BCUT2D eigenvalue weighted by atomic mass is 10.3. The fraction of sp³-hybridized carbons (Fsp3) is 0.400. The van der Waals surface area contributed by atoms with Gasteiger partial charge in [0.15, 0.2) is 5.89 Å². The molecule has 0 aliphatic heterocycles. The first-order valence-corrected chi connectivity index (χ1v) is 4.31. The number of carbonyl (C=O) groups is 1. The van der Waals surface area contributed by atoms with Crippen molar-refractivity contribution < 1.29 is 9.21 Å². The first-order valence-electron chi connectivity index (χ1n) is 4.31. The van der Waals surface area contributed by atoms with Crippen LogP contribution in [-0.4, -0.2) is 17.4 Å². The van der Waals surface area contributed by atoms with Crippen LogP contribution in [0.15, 0.2) is 4.42 Å². The molecule has 0 saturated heterocycles. The van der Waals surface area contributed by atoms with E-state index in [1.807, 2.05) is 0 Å². The summed E-state index contributed by atoms with van der Waals surface area (Å²) >= 11 is 0. The smallest absolute Gasteiger partial charge is 0.289 e. The Morgan fingerprint density at radius 2 is 2.36 bits per heavy atom. The molecule has 4 heteroatoms. The molecule has 0 atom stereocenters. The number of terminal acetylenes is 1. The molecular weight excluding hydrogens is 180 g/mol. The van der Waals surface area contributed by atoms with Crippen LogP contribution in [0.1, 0.15) is 28.6 Å². The van der Waals surface area contributed by atoms with Gasteiger partial charge in [-0.2, -0.15) is 0 Å². The molecule has 0 saturated carbocycles. The van der Waals surface area contributed by atoms with Gasteiger partial charge >= 0.3 is 0 Å². The third-order valence-corrected chi connectivity index (χ3v) is 1.66. The van der Waals surface area contributed by atoms with Crippen LogP contribution in [0, 0.1) is 26.2 Å². The predicted octanol–water partition coefficient (Wildman–Crippen LogP) is 1.04. The number of nitrogens with zero attached hydrogens (tertiary/aromatic N) is 1. The van der Waals surface area contributed by atoms with E-state index in [1.54, 1.807) is 13.8 Å². The van der Waals surface area contributed by atoms with Crippen LogP contribution < -0.4 is 5.32 Å². The Bertz CT molecular complexity index is 374. The van der Waals surface area contributed by atoms with Gasteiger partial charge in [0, 0.05) is 19.9 Å². The minimum atomic E-state index is -0.265. The number of hydrogen-bond acceptors (Lipinski definition) is 3. The molecule has 0 radical (unpaired) electrons. The molecule has 0 aromatic carbocycles. The number of aromatic nitrogens is 1. The first kappa shape index (κ1) is 10.3. The van der Waals surface area contributed by atoms with Crippen molar-refractivity contribution in [1.29, 1.82) is 0 Å². The van der Waals surface area contributed by atoms with E-state index in [9.17, 15) is 4.79 Å². The molecule has 14 heavy (non-hydrogen) atoms. The molecule has 1 N–H and O–H groups in total. The summed E-state index contributed by atoms with van der Waals surface area (Å²) < 4.78 is 5.13. The van der Waals surface area contributed by atoms with E-state index in [1.165, 1.54) is 0 Å². The van der Waals surface area contributed by atoms with Crippen molar-refractivity contribution in [2.45, 2.75) is 20.3 Å². The van der Waals surface area contributed by atoms with Crippen molar-refractivity contribution in [3.63, 3.8) is 0 Å². The average molecular weight is 192 g/mol. The van der Waals surface area contributed by atoms with Crippen molar-refractivity contribution in [3.8, 4) is 12.3 Å². The summed E-state index contributed by atoms with van der Waals surface area (Å²) in [4.78, 5) is 15.4. The molecular formula is C10H12N2O2. The Morgan fingerprint density at radius 3 is 2.86 bits per heavy atom. The molecule has 1 rings (SSSR count). The van der Waals surface area contributed by atoms with Gasteiger partial charge in [-0.1, -0.05) is 0 Å². The van der Waals surface area contributed by atoms with Crippen molar-refractivity contribution >= 4 is 5.91 Å². The Labute approximate surface area is 82.7 Å². The predicted molar refractivity (Wildman–Crippen MR) is 51.8 cm³/mol. The van der Waals surface area contributed by atoms with E-state index >= 15 is 0 Å². The van der Waals surface area contributed by atoms with Gasteiger partial charge in [-0.25, -0.2) is 4.98 Å². The minimum Gasteiger partial charge on any atom is -0.436 e. The van der Waals surface area contributed by atoms with Crippen LogP contribution in [0.4, 0.5) is 0 Å². The Morgan fingerprint density at radius 1 is 1.64 bits per heavy atom. The highest BCUT2D eigenvalue weighted by atomic mass is 16.4. The van der Waals surface area contributed by atoms with Crippen molar-refractivity contribution in [2.75, 3.05) is 6.54 Å². The van der Waals surface area contributed by atoms with Crippen LogP contribution in [0.3, 0.4) is 0 Å². The van der Waals surface area contributed by atoms with Crippen LogP contribution in [0.2, 0.25) is 0 Å². The van der Waals surface area contributed by atoms with Crippen molar-refractivity contribution in [3.05, 3.63) is 17.3 Å². The number of rotatable bonds is 3. The lowest BCUT2D eigenvalue weighted by Gasteiger charge is -1.99. The number of oxazole rings is 1. The third kappa shape index (κ3) is 2.36. The van der Waals surface area contributed by atoms with Crippen LogP contribution in [0.25, 0.3) is 0 Å². The lowest BCUT2D eigenvalue weighted by molar-refractivity contribution is 0.0924. The van der Waals surface area contributed by atoms with E-state index in [4.69, 9.17) is 10.8 Å². The van der Waals surface area contributed by atoms with Gasteiger partial charge in [0.25, 0.3) is 5.91 Å². The zero-order valence-electron chi connectivity index (χ0n) is 8.26. The molecule has 1 aromatic rings. The van der Waals surface area contributed by atoms with Gasteiger partial charge in [0.05, 0.1) is 5.69 Å². The van der Waals surface area contributed by atoms with Crippen molar-refractivity contribution in [2.24, 2.45) is 0 Å². The molecule has 0 spiro atoms. The fourth-order valence-electron chi connectivity index (χ4n) is 1.07. The summed E-state index contributed by atoms with van der Waals surface area (Å²) in [5.74, 6) is 2.92. The first-order chi connectivity index (χ1) is 6.65. The number of aryl methyl sites for hydroxylation is 2. The topological polar surface area (TPSA) is 55.1 Å². The largest absolute Gasteiger partial charge is 0.436 e. The molecule has 1 aromatic heterocycles. The maximum Gasteiger partial charge on any atom is 0.289 e. The van der Waals surface area contributed by atoms with Gasteiger partial charge in [-0.15, -0.1) is 12.3 Å². The van der Waals surface area contributed by atoms with E-state index in [-0.39, 0.29) is 11.7 Å². The Balaban J connectivity index is 2.61. The number of amides is 1. The van der Waals surface area contributed by atoms with Crippen LogP contribution in [0.5, 0.6) is 0 Å². The number of nitrogens with one attached hydrogen (secondary N) is 1. The lowest BCUT2D eigenvalue weighted by Crippen LogP contribution is -2.24. The molecule has 4 nitrogen and oxygen atoms in total. The number of hydrogen-bond donors (Lipinski definition) is 1. The Hall–Kier alpha value is -1.76. The number of carbonyl (C=O) groups excluding carboxylic acids is 1. The second-order valence-electron chi connectivity index (χ2n) is 2.86. The van der Waals surface area contributed by atoms with Crippen LogP contribution in [-0.2, 0) is 0 Å². The monoisotopic (exact) mass is 192 g/mol. The highest BCUT2D eigenvalue weighted by Crippen LogP contribution is 2.08. The van der Waals surface area contributed by atoms with Gasteiger partial charge < -0.3 is 9.73 Å². The molecule has 0 unspecified atom stereocenters. The quantitative estimate of drug-likeness (QED) is 0.575. The molecule has 1 heterocycles. The molecule has 0 bridgehead atoms. The SMILES string of the molecule is C#CCCNC(=O)c1oc(C)nc1C. The average Bonchev–Trinajstić information content (AvgIpc) is 2.45. The molecule has 0 aliphatic carbocycles. The van der Waals surface area contributed by atoms with E-state index in [0.717, 1.165) is 0 Å². The minimum absolute atomic E-state index is 0.263.